The average molecular weight is 372 g/mol. The summed E-state index contributed by atoms with van der Waals surface area (Å²) in [4.78, 5) is 27.2. The maximum absolute atomic E-state index is 13.2. The first-order chi connectivity index (χ1) is 12.5. The van der Waals surface area contributed by atoms with E-state index in [4.69, 9.17) is 5.73 Å². The largest absolute Gasteiger partial charge is 0.366 e. The Morgan fingerprint density at radius 2 is 1.88 bits per heavy atom. The van der Waals surface area contributed by atoms with Gasteiger partial charge in [0.2, 0.25) is 5.91 Å². The van der Waals surface area contributed by atoms with Crippen LogP contribution >= 0.6 is 11.8 Å². The Hall–Kier alpha value is -2.34. The molecule has 2 amide bonds. The van der Waals surface area contributed by atoms with Gasteiger partial charge in [-0.25, -0.2) is 4.39 Å². The molecule has 136 valence electrons. The van der Waals surface area contributed by atoms with E-state index in [1.165, 1.54) is 24.3 Å². The summed E-state index contributed by atoms with van der Waals surface area (Å²) < 4.78 is 13.2. The zero-order chi connectivity index (χ0) is 18.7. The number of nitrogens with zero attached hydrogens (tertiary/aromatic N) is 1. The van der Waals surface area contributed by atoms with Crippen LogP contribution in [-0.2, 0) is 0 Å². The van der Waals surface area contributed by atoms with Gasteiger partial charge in [0.25, 0.3) is 5.91 Å². The molecule has 0 aromatic heterocycles. The van der Waals surface area contributed by atoms with Crippen LogP contribution < -0.4 is 10.6 Å². The fourth-order valence-corrected chi connectivity index (χ4v) is 4.33. The Balaban J connectivity index is 1.98. The SMILES string of the molecule is CCCCC1CN(C(=O)c2ccc(F)cc2)c2cc(C(N)=O)ccc2S1. The van der Waals surface area contributed by atoms with E-state index in [0.717, 1.165) is 24.2 Å². The van der Waals surface area contributed by atoms with Crippen molar-refractivity contribution in [3.8, 4) is 0 Å². The van der Waals surface area contributed by atoms with Crippen LogP contribution in [0, 0.1) is 5.82 Å². The quantitative estimate of drug-likeness (QED) is 0.854. The van der Waals surface area contributed by atoms with Crippen LogP contribution in [0.2, 0.25) is 0 Å². The molecular weight excluding hydrogens is 351 g/mol. The van der Waals surface area contributed by atoms with Crippen LogP contribution in [0.15, 0.2) is 47.4 Å². The zero-order valence-corrected chi connectivity index (χ0v) is 15.4. The number of primary amides is 1. The molecule has 2 N–H and O–H groups in total. The third kappa shape index (κ3) is 3.90. The van der Waals surface area contributed by atoms with Gasteiger partial charge < -0.3 is 10.6 Å². The summed E-state index contributed by atoms with van der Waals surface area (Å²) >= 11 is 1.73. The highest BCUT2D eigenvalue weighted by Gasteiger charge is 2.30. The summed E-state index contributed by atoms with van der Waals surface area (Å²) in [6.07, 6.45) is 3.19. The lowest BCUT2D eigenvalue weighted by Gasteiger charge is -2.34. The Morgan fingerprint density at radius 3 is 2.54 bits per heavy atom. The molecule has 2 aromatic rings. The van der Waals surface area contributed by atoms with Crippen LogP contribution in [0.1, 0.15) is 46.9 Å². The fourth-order valence-electron chi connectivity index (χ4n) is 3.02. The second-order valence-corrected chi connectivity index (χ2v) is 7.69. The molecule has 4 nitrogen and oxygen atoms in total. The Labute approximate surface area is 156 Å². The second kappa shape index (κ2) is 7.91. The molecule has 1 unspecified atom stereocenters. The monoisotopic (exact) mass is 372 g/mol. The van der Waals surface area contributed by atoms with Gasteiger partial charge >= 0.3 is 0 Å². The molecule has 0 fully saturated rings. The lowest BCUT2D eigenvalue weighted by molar-refractivity contribution is 0.0979. The molecule has 3 rings (SSSR count). The van der Waals surface area contributed by atoms with E-state index < -0.39 is 5.91 Å². The molecule has 2 aromatic carbocycles. The zero-order valence-electron chi connectivity index (χ0n) is 14.6. The number of benzene rings is 2. The number of halogens is 1. The summed E-state index contributed by atoms with van der Waals surface area (Å²) in [5.41, 5.74) is 6.87. The topological polar surface area (TPSA) is 63.4 Å². The van der Waals surface area contributed by atoms with E-state index in [9.17, 15) is 14.0 Å². The van der Waals surface area contributed by atoms with Crippen LogP contribution in [0.4, 0.5) is 10.1 Å². The highest BCUT2D eigenvalue weighted by molar-refractivity contribution is 8.00. The van der Waals surface area contributed by atoms with Gasteiger partial charge in [0.05, 0.1) is 5.69 Å². The van der Waals surface area contributed by atoms with E-state index in [1.807, 2.05) is 6.07 Å². The molecule has 6 heteroatoms. The summed E-state index contributed by atoms with van der Waals surface area (Å²) in [6, 6.07) is 10.7. The van der Waals surface area contributed by atoms with Crippen molar-refractivity contribution < 1.29 is 14.0 Å². The molecule has 1 heterocycles. The molecule has 26 heavy (non-hydrogen) atoms. The van der Waals surface area contributed by atoms with Gasteiger partial charge in [0.15, 0.2) is 0 Å². The number of unbranched alkanes of at least 4 members (excludes halogenated alkanes) is 1. The number of thioether (sulfide) groups is 1. The average Bonchev–Trinajstić information content (AvgIpc) is 2.65. The van der Waals surface area contributed by atoms with Gasteiger partial charge in [-0.3, -0.25) is 9.59 Å². The number of rotatable bonds is 5. The van der Waals surface area contributed by atoms with Crippen molar-refractivity contribution in [3.05, 3.63) is 59.4 Å². The summed E-state index contributed by atoms with van der Waals surface area (Å²) in [6.45, 7) is 2.69. The fraction of sp³-hybridized carbons (Fsp3) is 0.300. The first kappa shape index (κ1) is 18.5. The molecule has 1 aliphatic heterocycles. The van der Waals surface area contributed by atoms with E-state index in [0.29, 0.717) is 23.4 Å². The van der Waals surface area contributed by atoms with Crippen LogP contribution in [0.5, 0.6) is 0 Å². The number of hydrogen-bond acceptors (Lipinski definition) is 3. The number of nitrogens with two attached hydrogens (primary N) is 1. The van der Waals surface area contributed by atoms with Crippen LogP contribution in [0.25, 0.3) is 0 Å². The van der Waals surface area contributed by atoms with Crippen molar-refractivity contribution in [2.45, 2.75) is 36.3 Å². The Bertz CT molecular complexity index is 823. The molecule has 0 saturated carbocycles. The van der Waals surface area contributed by atoms with Gasteiger partial charge in [0.1, 0.15) is 5.82 Å². The first-order valence-electron chi connectivity index (χ1n) is 8.67. The lowest BCUT2D eigenvalue weighted by atomic mass is 10.1. The molecule has 0 radical (unpaired) electrons. The van der Waals surface area contributed by atoms with E-state index in [-0.39, 0.29) is 17.0 Å². The van der Waals surface area contributed by atoms with Gasteiger partial charge in [-0.2, -0.15) is 0 Å². The van der Waals surface area contributed by atoms with E-state index in [1.54, 1.807) is 28.8 Å². The van der Waals surface area contributed by atoms with Crippen molar-refractivity contribution in [3.63, 3.8) is 0 Å². The number of anilines is 1. The standard InChI is InChI=1S/C20H21FN2O2S/c1-2-3-4-16-12-23(20(25)13-5-8-15(21)9-6-13)17-11-14(19(22)24)7-10-18(17)26-16/h5-11,16H,2-4,12H2,1H3,(H2,22,24). The molecular formula is C20H21FN2O2S. The predicted molar refractivity (Wildman–Crippen MR) is 102 cm³/mol. The van der Waals surface area contributed by atoms with E-state index >= 15 is 0 Å². The minimum atomic E-state index is -0.528. The highest BCUT2D eigenvalue weighted by atomic mass is 32.2. The van der Waals surface area contributed by atoms with Crippen LogP contribution in [-0.4, -0.2) is 23.6 Å². The number of amides is 2. The molecule has 0 saturated heterocycles. The molecule has 1 aliphatic rings. The van der Waals surface area contributed by atoms with Crippen molar-refractivity contribution in [2.75, 3.05) is 11.4 Å². The maximum atomic E-state index is 13.2. The van der Waals surface area contributed by atoms with Gasteiger partial charge in [-0.05, 0) is 48.9 Å². The summed E-state index contributed by atoms with van der Waals surface area (Å²) in [5, 5.41) is 0.284. The second-order valence-electron chi connectivity index (χ2n) is 6.35. The lowest BCUT2D eigenvalue weighted by Crippen LogP contribution is -2.39. The number of fused-ring (bicyclic) bond motifs is 1. The summed E-state index contributed by atoms with van der Waals surface area (Å²) in [5.74, 6) is -1.11. The van der Waals surface area contributed by atoms with Crippen molar-refractivity contribution in [2.24, 2.45) is 5.73 Å². The highest BCUT2D eigenvalue weighted by Crippen LogP contribution is 2.41. The van der Waals surface area contributed by atoms with Crippen molar-refractivity contribution in [1.29, 1.82) is 0 Å². The number of carbonyl (C=O) groups is 2. The van der Waals surface area contributed by atoms with Crippen molar-refractivity contribution >= 4 is 29.3 Å². The van der Waals surface area contributed by atoms with Gasteiger partial charge in [-0.1, -0.05) is 19.8 Å². The van der Waals surface area contributed by atoms with E-state index in [2.05, 4.69) is 6.92 Å². The third-order valence-electron chi connectivity index (χ3n) is 4.43. The molecule has 1 atom stereocenters. The maximum Gasteiger partial charge on any atom is 0.258 e. The third-order valence-corrected chi connectivity index (χ3v) is 5.75. The summed E-state index contributed by atoms with van der Waals surface area (Å²) in [7, 11) is 0. The number of carbonyl (C=O) groups excluding carboxylic acids is 2. The van der Waals surface area contributed by atoms with Crippen molar-refractivity contribution in [1.82, 2.24) is 0 Å². The molecule has 0 spiro atoms. The Kier molecular flexibility index (Phi) is 5.61. The predicted octanol–water partition coefficient (Wildman–Crippen LogP) is 4.24. The normalized spacial score (nSPS) is 16.2. The van der Waals surface area contributed by atoms with Gasteiger partial charge in [0, 0.05) is 27.8 Å². The minimum Gasteiger partial charge on any atom is -0.366 e. The first-order valence-corrected chi connectivity index (χ1v) is 9.55. The molecule has 0 aliphatic carbocycles. The smallest absolute Gasteiger partial charge is 0.258 e. The number of hydrogen-bond donors (Lipinski definition) is 1. The minimum absolute atomic E-state index is 0.199. The van der Waals surface area contributed by atoms with Crippen LogP contribution in [0.3, 0.4) is 0 Å². The Morgan fingerprint density at radius 1 is 1.19 bits per heavy atom. The van der Waals surface area contributed by atoms with Gasteiger partial charge in [-0.15, -0.1) is 11.8 Å². The molecule has 0 bridgehead atoms.